The minimum absolute atomic E-state index is 0.272. The lowest BCUT2D eigenvalue weighted by Gasteiger charge is -2.19. The first-order valence-corrected chi connectivity index (χ1v) is 4.75. The second kappa shape index (κ2) is 4.14. The van der Waals surface area contributed by atoms with Crippen LogP contribution >= 0.6 is 0 Å². The minimum atomic E-state index is -0.324. The molecule has 0 bridgehead atoms. The quantitative estimate of drug-likeness (QED) is 0.837. The number of rotatable bonds is 2. The summed E-state index contributed by atoms with van der Waals surface area (Å²) in [5.74, 6) is 0.385. The summed E-state index contributed by atoms with van der Waals surface area (Å²) in [4.78, 5) is 9.54. The number of nitrogens with zero attached hydrogens (tertiary/aromatic N) is 3. The largest absolute Gasteiger partial charge is 0.381 e. The van der Waals surface area contributed by atoms with Crippen LogP contribution in [-0.4, -0.2) is 17.0 Å². The van der Waals surface area contributed by atoms with E-state index in [0.29, 0.717) is 11.5 Å². The van der Waals surface area contributed by atoms with Crippen LogP contribution in [0.25, 0.3) is 0 Å². The Balaban J connectivity index is 2.44. The molecule has 0 spiro atoms. The van der Waals surface area contributed by atoms with Gasteiger partial charge < -0.3 is 10.6 Å². The smallest absolute Gasteiger partial charge is 0.175 e. The van der Waals surface area contributed by atoms with Gasteiger partial charge in [0.15, 0.2) is 11.6 Å². The number of nitrogen functional groups attached to an aromatic ring is 1. The van der Waals surface area contributed by atoms with Crippen molar-refractivity contribution in [3.8, 4) is 0 Å². The zero-order chi connectivity index (χ0) is 11.5. The van der Waals surface area contributed by atoms with E-state index in [1.54, 1.807) is 30.1 Å². The molecular weight excluding hydrogens is 207 g/mol. The lowest BCUT2D eigenvalue weighted by molar-refractivity contribution is 0.627. The van der Waals surface area contributed by atoms with Gasteiger partial charge >= 0.3 is 0 Å². The number of halogens is 1. The fraction of sp³-hybridized carbons (Fsp3) is 0.0909. The van der Waals surface area contributed by atoms with Crippen molar-refractivity contribution in [3.63, 3.8) is 0 Å². The van der Waals surface area contributed by atoms with Gasteiger partial charge in [0.2, 0.25) is 0 Å². The Morgan fingerprint density at radius 2 is 1.88 bits per heavy atom. The average Bonchev–Trinajstić information content (AvgIpc) is 2.29. The molecular formula is C11H11FN4. The van der Waals surface area contributed by atoms with Crippen molar-refractivity contribution in [2.45, 2.75) is 0 Å². The summed E-state index contributed by atoms with van der Waals surface area (Å²) in [5, 5.41) is 0. The van der Waals surface area contributed by atoms with Crippen LogP contribution < -0.4 is 10.6 Å². The van der Waals surface area contributed by atoms with Crippen LogP contribution in [0.15, 0.2) is 36.7 Å². The molecule has 2 N–H and O–H groups in total. The fourth-order valence-electron chi connectivity index (χ4n) is 1.44. The number of hydrogen-bond donors (Lipinski definition) is 1. The van der Waals surface area contributed by atoms with Crippen LogP contribution in [-0.2, 0) is 0 Å². The first kappa shape index (κ1) is 10.4. The van der Waals surface area contributed by atoms with E-state index in [9.17, 15) is 4.39 Å². The predicted molar refractivity (Wildman–Crippen MR) is 60.9 cm³/mol. The minimum Gasteiger partial charge on any atom is -0.381 e. The summed E-state index contributed by atoms with van der Waals surface area (Å²) in [6, 6.07) is 6.43. The topological polar surface area (TPSA) is 55.0 Å². The van der Waals surface area contributed by atoms with Gasteiger partial charge in [-0.1, -0.05) is 12.1 Å². The van der Waals surface area contributed by atoms with Gasteiger partial charge in [0.25, 0.3) is 0 Å². The van der Waals surface area contributed by atoms with Crippen molar-refractivity contribution in [1.29, 1.82) is 0 Å². The van der Waals surface area contributed by atoms with Crippen LogP contribution in [0.3, 0.4) is 0 Å². The molecule has 1 aromatic heterocycles. The van der Waals surface area contributed by atoms with Crippen LogP contribution in [0.5, 0.6) is 0 Å². The Morgan fingerprint density at radius 1 is 1.19 bits per heavy atom. The Bertz CT molecular complexity index is 455. The van der Waals surface area contributed by atoms with Crippen molar-refractivity contribution in [3.05, 3.63) is 42.5 Å². The van der Waals surface area contributed by atoms with Crippen LogP contribution in [0.4, 0.5) is 21.7 Å². The summed E-state index contributed by atoms with van der Waals surface area (Å²) in [5.41, 5.74) is 6.08. The van der Waals surface area contributed by atoms with Crippen molar-refractivity contribution >= 4 is 17.3 Å². The Kier molecular flexibility index (Phi) is 2.68. The van der Waals surface area contributed by atoms with Gasteiger partial charge in [0.1, 0.15) is 5.82 Å². The zero-order valence-electron chi connectivity index (χ0n) is 8.76. The fourth-order valence-corrected chi connectivity index (χ4v) is 1.44. The van der Waals surface area contributed by atoms with E-state index in [0.717, 1.165) is 0 Å². The molecule has 0 aliphatic rings. The summed E-state index contributed by atoms with van der Waals surface area (Å²) in [6.07, 6.45) is 3.01. The molecule has 0 fully saturated rings. The number of nitrogens with two attached hydrogens (primary N) is 1. The summed E-state index contributed by atoms with van der Waals surface area (Å²) >= 11 is 0. The normalized spacial score (nSPS) is 10.1. The number of aromatic nitrogens is 2. The lowest BCUT2D eigenvalue weighted by Crippen LogP contribution is -2.15. The molecule has 1 heterocycles. The Labute approximate surface area is 92.6 Å². The highest BCUT2D eigenvalue weighted by Gasteiger charge is 2.12. The highest BCUT2D eigenvalue weighted by Crippen LogP contribution is 2.26. The van der Waals surface area contributed by atoms with E-state index in [-0.39, 0.29) is 11.6 Å². The van der Waals surface area contributed by atoms with Gasteiger partial charge in [-0.3, -0.25) is 0 Å². The van der Waals surface area contributed by atoms with E-state index in [4.69, 9.17) is 5.73 Å². The van der Waals surface area contributed by atoms with Crippen molar-refractivity contribution in [1.82, 2.24) is 9.97 Å². The highest BCUT2D eigenvalue weighted by molar-refractivity contribution is 5.67. The molecule has 0 atom stereocenters. The summed E-state index contributed by atoms with van der Waals surface area (Å²) in [7, 11) is 1.69. The van der Waals surface area contributed by atoms with Gasteiger partial charge in [-0.25, -0.2) is 14.4 Å². The second-order valence-corrected chi connectivity index (χ2v) is 3.28. The molecule has 5 heteroatoms. The van der Waals surface area contributed by atoms with Gasteiger partial charge in [-0.05, 0) is 12.1 Å². The van der Waals surface area contributed by atoms with E-state index < -0.39 is 0 Å². The third-order valence-corrected chi connectivity index (χ3v) is 2.24. The molecule has 4 nitrogen and oxygen atoms in total. The average molecular weight is 218 g/mol. The van der Waals surface area contributed by atoms with Crippen molar-refractivity contribution < 1.29 is 4.39 Å². The van der Waals surface area contributed by atoms with Gasteiger partial charge in [-0.2, -0.15) is 0 Å². The van der Waals surface area contributed by atoms with Gasteiger partial charge in [-0.15, -0.1) is 0 Å². The van der Waals surface area contributed by atoms with E-state index in [1.165, 1.54) is 18.5 Å². The SMILES string of the molecule is CN(c1ccccc1F)c1nccnc1N. The summed E-state index contributed by atoms with van der Waals surface area (Å²) < 4.78 is 13.5. The van der Waals surface area contributed by atoms with Crippen molar-refractivity contribution in [2.24, 2.45) is 0 Å². The molecule has 0 saturated heterocycles. The van der Waals surface area contributed by atoms with E-state index in [1.807, 2.05) is 0 Å². The second-order valence-electron chi connectivity index (χ2n) is 3.28. The molecule has 0 unspecified atom stereocenters. The molecule has 0 radical (unpaired) electrons. The van der Waals surface area contributed by atoms with E-state index in [2.05, 4.69) is 9.97 Å². The molecule has 2 aromatic rings. The Morgan fingerprint density at radius 3 is 2.56 bits per heavy atom. The number of anilines is 3. The first-order valence-electron chi connectivity index (χ1n) is 4.75. The standard InChI is InChI=1S/C11H11FN4/c1-16(9-5-3-2-4-8(9)12)11-10(13)14-6-7-15-11/h2-7H,1H3,(H2,13,14). The molecule has 0 amide bonds. The summed E-state index contributed by atoms with van der Waals surface area (Å²) in [6.45, 7) is 0. The van der Waals surface area contributed by atoms with Crippen LogP contribution in [0, 0.1) is 5.82 Å². The van der Waals surface area contributed by atoms with Gasteiger partial charge in [0, 0.05) is 19.4 Å². The van der Waals surface area contributed by atoms with Gasteiger partial charge in [0.05, 0.1) is 5.69 Å². The Hall–Kier alpha value is -2.17. The first-order chi connectivity index (χ1) is 7.70. The molecule has 82 valence electrons. The number of benzene rings is 1. The number of hydrogen-bond acceptors (Lipinski definition) is 4. The highest BCUT2D eigenvalue weighted by atomic mass is 19.1. The maximum atomic E-state index is 13.5. The lowest BCUT2D eigenvalue weighted by atomic mass is 10.3. The maximum absolute atomic E-state index is 13.5. The molecule has 1 aromatic carbocycles. The molecule has 0 aliphatic carbocycles. The van der Waals surface area contributed by atoms with Crippen LogP contribution in [0.2, 0.25) is 0 Å². The molecule has 16 heavy (non-hydrogen) atoms. The number of para-hydroxylation sites is 1. The monoisotopic (exact) mass is 218 g/mol. The van der Waals surface area contributed by atoms with Crippen molar-refractivity contribution in [2.75, 3.05) is 17.7 Å². The maximum Gasteiger partial charge on any atom is 0.175 e. The predicted octanol–water partition coefficient (Wildman–Crippen LogP) is 1.97. The molecule has 0 saturated carbocycles. The molecule has 0 aliphatic heterocycles. The van der Waals surface area contributed by atoms with Crippen LogP contribution in [0.1, 0.15) is 0 Å². The van der Waals surface area contributed by atoms with E-state index >= 15 is 0 Å². The molecule has 2 rings (SSSR count). The third kappa shape index (κ3) is 1.79. The third-order valence-electron chi connectivity index (χ3n) is 2.24. The zero-order valence-corrected chi connectivity index (χ0v) is 8.76.